The number of nitrogens with zero attached hydrogens (tertiary/aromatic N) is 3. The molecule has 5 nitrogen and oxygen atoms in total. The summed E-state index contributed by atoms with van der Waals surface area (Å²) in [4.78, 5) is 10.6. The fourth-order valence-corrected chi connectivity index (χ4v) is 2.76. The van der Waals surface area contributed by atoms with E-state index in [9.17, 15) is 5.11 Å². The average molecular weight is 311 g/mol. The highest BCUT2D eigenvalue weighted by atomic mass is 16.3. The van der Waals surface area contributed by atoms with Gasteiger partial charge in [0.2, 0.25) is 0 Å². The van der Waals surface area contributed by atoms with Crippen LogP contribution in [-0.4, -0.2) is 22.1 Å². The highest BCUT2D eigenvalue weighted by molar-refractivity contribution is 5.84. The number of furan rings is 1. The van der Waals surface area contributed by atoms with E-state index in [0.717, 1.165) is 39.4 Å². The normalized spacial score (nSPS) is 11.2. The molecule has 0 radical (unpaired) electrons. The predicted molar refractivity (Wildman–Crippen MR) is 90.5 cm³/mol. The standard InChI is InChI=1S/C18H21N3O2/c1-11-6-5-7-14-13(3)15(23-18(11)14)9-21(4)17-8-12(2)19-16(10-22)20-17/h5-8,22H,9-10H2,1-4H3. The molecular weight excluding hydrogens is 290 g/mol. The van der Waals surface area contributed by atoms with Gasteiger partial charge < -0.3 is 14.4 Å². The number of aryl methyl sites for hydroxylation is 3. The molecule has 0 saturated heterocycles. The molecule has 3 rings (SSSR count). The first-order valence-corrected chi connectivity index (χ1v) is 7.63. The van der Waals surface area contributed by atoms with Gasteiger partial charge in [0, 0.05) is 29.8 Å². The van der Waals surface area contributed by atoms with E-state index in [0.29, 0.717) is 12.4 Å². The van der Waals surface area contributed by atoms with Crippen LogP contribution in [0.1, 0.15) is 28.4 Å². The Hall–Kier alpha value is -2.40. The first-order chi connectivity index (χ1) is 11.0. The Morgan fingerprint density at radius 1 is 1.17 bits per heavy atom. The lowest BCUT2D eigenvalue weighted by molar-refractivity contribution is 0.271. The number of aliphatic hydroxyl groups is 1. The molecule has 0 fully saturated rings. The summed E-state index contributed by atoms with van der Waals surface area (Å²) in [6.45, 7) is 6.49. The van der Waals surface area contributed by atoms with Crippen LogP contribution < -0.4 is 4.90 Å². The van der Waals surface area contributed by atoms with Crippen LogP contribution in [0.3, 0.4) is 0 Å². The molecule has 0 aliphatic heterocycles. The van der Waals surface area contributed by atoms with Crippen molar-refractivity contribution >= 4 is 16.8 Å². The highest BCUT2D eigenvalue weighted by Gasteiger charge is 2.15. The molecule has 1 aromatic carbocycles. The third-order valence-corrected chi connectivity index (χ3v) is 4.06. The molecule has 0 atom stereocenters. The van der Waals surface area contributed by atoms with Crippen molar-refractivity contribution in [1.29, 1.82) is 0 Å². The van der Waals surface area contributed by atoms with Gasteiger partial charge in [0.1, 0.15) is 23.8 Å². The van der Waals surface area contributed by atoms with Crippen LogP contribution in [0.5, 0.6) is 0 Å². The summed E-state index contributed by atoms with van der Waals surface area (Å²) in [7, 11) is 1.96. The summed E-state index contributed by atoms with van der Waals surface area (Å²) in [6.07, 6.45) is 0. The number of hydrogen-bond acceptors (Lipinski definition) is 5. The Kier molecular flexibility index (Phi) is 4.05. The van der Waals surface area contributed by atoms with Gasteiger partial charge in [0.05, 0.1) is 6.54 Å². The van der Waals surface area contributed by atoms with E-state index in [-0.39, 0.29) is 6.61 Å². The average Bonchev–Trinajstić information content (AvgIpc) is 2.85. The Labute approximate surface area is 135 Å². The van der Waals surface area contributed by atoms with E-state index in [2.05, 4.69) is 42.0 Å². The van der Waals surface area contributed by atoms with Crippen molar-refractivity contribution in [2.45, 2.75) is 33.9 Å². The zero-order chi connectivity index (χ0) is 16.6. The van der Waals surface area contributed by atoms with E-state index in [1.54, 1.807) is 0 Å². The molecule has 0 saturated carbocycles. The first kappa shape index (κ1) is 15.5. The number of benzene rings is 1. The van der Waals surface area contributed by atoms with Gasteiger partial charge in [0.25, 0.3) is 0 Å². The van der Waals surface area contributed by atoms with Crippen LogP contribution in [0, 0.1) is 20.8 Å². The third-order valence-electron chi connectivity index (χ3n) is 4.06. The SMILES string of the molecule is Cc1cc(N(C)Cc2oc3c(C)cccc3c2C)nc(CO)n1. The maximum Gasteiger partial charge on any atom is 0.156 e. The number of anilines is 1. The van der Waals surface area contributed by atoms with Crippen molar-refractivity contribution in [3.63, 3.8) is 0 Å². The maximum absolute atomic E-state index is 9.27. The molecule has 0 aliphatic rings. The van der Waals surface area contributed by atoms with Crippen molar-refractivity contribution in [2.75, 3.05) is 11.9 Å². The van der Waals surface area contributed by atoms with Gasteiger partial charge in [-0.25, -0.2) is 9.97 Å². The molecule has 5 heteroatoms. The lowest BCUT2D eigenvalue weighted by Gasteiger charge is -2.18. The molecule has 23 heavy (non-hydrogen) atoms. The number of aromatic nitrogens is 2. The van der Waals surface area contributed by atoms with Gasteiger partial charge >= 0.3 is 0 Å². The maximum atomic E-state index is 9.27. The van der Waals surface area contributed by atoms with Crippen molar-refractivity contribution < 1.29 is 9.52 Å². The molecule has 120 valence electrons. The van der Waals surface area contributed by atoms with Crippen LogP contribution in [0.2, 0.25) is 0 Å². The fraction of sp³-hybridized carbons (Fsp3) is 0.333. The minimum atomic E-state index is -0.161. The Bertz CT molecular complexity index is 855. The van der Waals surface area contributed by atoms with E-state index >= 15 is 0 Å². The fourth-order valence-electron chi connectivity index (χ4n) is 2.76. The van der Waals surface area contributed by atoms with Crippen molar-refractivity contribution in [2.24, 2.45) is 0 Å². The quantitative estimate of drug-likeness (QED) is 0.801. The number of hydrogen-bond donors (Lipinski definition) is 1. The molecule has 1 N–H and O–H groups in total. The van der Waals surface area contributed by atoms with E-state index in [1.807, 2.05) is 24.9 Å². The zero-order valence-corrected chi connectivity index (χ0v) is 13.9. The topological polar surface area (TPSA) is 62.4 Å². The summed E-state index contributed by atoms with van der Waals surface area (Å²) in [6, 6.07) is 8.10. The molecular formula is C18H21N3O2. The van der Waals surface area contributed by atoms with Gasteiger partial charge in [-0.2, -0.15) is 0 Å². The number of fused-ring (bicyclic) bond motifs is 1. The molecule has 2 heterocycles. The summed E-state index contributed by atoms with van der Waals surface area (Å²) < 4.78 is 6.07. The van der Waals surface area contributed by atoms with Gasteiger partial charge in [-0.05, 0) is 26.3 Å². The third kappa shape index (κ3) is 2.92. The largest absolute Gasteiger partial charge is 0.459 e. The predicted octanol–water partition coefficient (Wildman–Crippen LogP) is 3.28. The van der Waals surface area contributed by atoms with E-state index in [1.165, 1.54) is 0 Å². The van der Waals surface area contributed by atoms with Crippen LogP contribution in [-0.2, 0) is 13.2 Å². The summed E-state index contributed by atoms with van der Waals surface area (Å²) >= 11 is 0. The lowest BCUT2D eigenvalue weighted by atomic mass is 10.1. The van der Waals surface area contributed by atoms with Crippen LogP contribution in [0.25, 0.3) is 11.0 Å². The minimum Gasteiger partial charge on any atom is -0.459 e. The van der Waals surface area contributed by atoms with E-state index in [4.69, 9.17) is 4.42 Å². The number of para-hydroxylation sites is 1. The molecule has 0 unspecified atom stereocenters. The van der Waals surface area contributed by atoms with E-state index < -0.39 is 0 Å². The second kappa shape index (κ2) is 6.01. The van der Waals surface area contributed by atoms with Crippen LogP contribution >= 0.6 is 0 Å². The molecule has 0 aliphatic carbocycles. The van der Waals surface area contributed by atoms with Gasteiger partial charge in [-0.1, -0.05) is 18.2 Å². The first-order valence-electron chi connectivity index (χ1n) is 7.63. The Morgan fingerprint density at radius 3 is 2.65 bits per heavy atom. The monoisotopic (exact) mass is 311 g/mol. The summed E-state index contributed by atoms with van der Waals surface area (Å²) in [5.74, 6) is 2.14. The molecule has 2 aromatic heterocycles. The number of rotatable bonds is 4. The van der Waals surface area contributed by atoms with Gasteiger partial charge in [0.15, 0.2) is 5.82 Å². The molecule has 0 spiro atoms. The van der Waals surface area contributed by atoms with Crippen molar-refractivity contribution in [3.05, 3.63) is 52.7 Å². The summed E-state index contributed by atoms with van der Waals surface area (Å²) in [5.41, 5.74) is 4.08. The van der Waals surface area contributed by atoms with Crippen LogP contribution in [0.15, 0.2) is 28.7 Å². The lowest BCUT2D eigenvalue weighted by Crippen LogP contribution is -2.19. The van der Waals surface area contributed by atoms with Gasteiger partial charge in [-0.15, -0.1) is 0 Å². The Morgan fingerprint density at radius 2 is 1.96 bits per heavy atom. The second-order valence-electron chi connectivity index (χ2n) is 5.90. The molecule has 0 bridgehead atoms. The van der Waals surface area contributed by atoms with Crippen molar-refractivity contribution in [3.8, 4) is 0 Å². The summed E-state index contributed by atoms with van der Waals surface area (Å²) in [5, 5.41) is 10.4. The Balaban J connectivity index is 1.94. The zero-order valence-electron chi connectivity index (χ0n) is 13.9. The molecule has 0 amide bonds. The highest BCUT2D eigenvalue weighted by Crippen LogP contribution is 2.29. The van der Waals surface area contributed by atoms with Gasteiger partial charge in [-0.3, -0.25) is 0 Å². The van der Waals surface area contributed by atoms with Crippen LogP contribution in [0.4, 0.5) is 5.82 Å². The second-order valence-corrected chi connectivity index (χ2v) is 5.90. The molecule has 3 aromatic rings. The minimum absolute atomic E-state index is 0.161. The number of aliphatic hydroxyl groups excluding tert-OH is 1. The van der Waals surface area contributed by atoms with Crippen molar-refractivity contribution in [1.82, 2.24) is 9.97 Å². The smallest absolute Gasteiger partial charge is 0.156 e.